The lowest BCUT2D eigenvalue weighted by Crippen LogP contribution is -2.03. The third-order valence-electron chi connectivity index (χ3n) is 3.75. The summed E-state index contributed by atoms with van der Waals surface area (Å²) in [5.41, 5.74) is 1.13. The highest BCUT2D eigenvalue weighted by atomic mass is 35.5. The number of carboxylic acid groups (broad SMARTS) is 1. The number of carboxylic acids is 1. The van der Waals surface area contributed by atoms with E-state index in [1.54, 1.807) is 30.3 Å². The Labute approximate surface area is 165 Å². The van der Waals surface area contributed by atoms with Gasteiger partial charge < -0.3 is 14.8 Å². The van der Waals surface area contributed by atoms with Gasteiger partial charge in [-0.1, -0.05) is 35.9 Å². The fourth-order valence-corrected chi connectivity index (χ4v) is 3.44. The van der Waals surface area contributed by atoms with E-state index in [4.69, 9.17) is 11.6 Å². The lowest BCUT2D eigenvalue weighted by molar-refractivity contribution is -0.268. The lowest BCUT2D eigenvalue weighted by atomic mass is 10.2. The van der Waals surface area contributed by atoms with Gasteiger partial charge in [0.25, 0.3) is 0 Å². The minimum absolute atomic E-state index is 0.0111. The van der Waals surface area contributed by atoms with Crippen LogP contribution in [0, 0.1) is 0 Å². The minimum atomic E-state index is -1.14. The maximum Gasteiger partial charge on any atom is 0.342 e. The number of nitrogens with zero attached hydrogens (tertiary/aromatic N) is 3. The molecule has 0 radical (unpaired) electrons. The highest BCUT2D eigenvalue weighted by molar-refractivity contribution is 8.04. The summed E-state index contributed by atoms with van der Waals surface area (Å²) < 4.78 is 1.81. The molecular formula is C19H15ClN3O3S-. The van der Waals surface area contributed by atoms with Crippen LogP contribution in [0.1, 0.15) is 12.5 Å². The van der Waals surface area contributed by atoms with Crippen molar-refractivity contribution in [3.05, 3.63) is 64.0 Å². The van der Waals surface area contributed by atoms with Crippen LogP contribution in [0.2, 0.25) is 5.02 Å². The fraction of sp³-hybridized carbons (Fsp3) is 0.105. The lowest BCUT2D eigenvalue weighted by Gasteiger charge is -2.11. The van der Waals surface area contributed by atoms with Crippen LogP contribution < -0.4 is 5.11 Å². The van der Waals surface area contributed by atoms with Crippen molar-refractivity contribution in [1.82, 2.24) is 14.8 Å². The number of benzene rings is 2. The molecule has 0 saturated heterocycles. The molecule has 0 spiro atoms. The minimum Gasteiger partial charge on any atom is -0.872 e. The van der Waals surface area contributed by atoms with Gasteiger partial charge in [0.05, 0.1) is 0 Å². The molecule has 8 heteroatoms. The number of aromatic nitrogens is 3. The molecule has 0 fully saturated rings. The van der Waals surface area contributed by atoms with E-state index >= 15 is 0 Å². The van der Waals surface area contributed by atoms with Crippen molar-refractivity contribution in [3.63, 3.8) is 0 Å². The summed E-state index contributed by atoms with van der Waals surface area (Å²) >= 11 is 6.88. The molecule has 1 heterocycles. The van der Waals surface area contributed by atoms with E-state index in [0.717, 1.165) is 17.3 Å². The molecule has 6 nitrogen and oxygen atoms in total. The van der Waals surface area contributed by atoms with E-state index in [1.165, 1.54) is 12.1 Å². The van der Waals surface area contributed by atoms with Gasteiger partial charge in [0.2, 0.25) is 0 Å². The third-order valence-corrected chi connectivity index (χ3v) is 5.00. The van der Waals surface area contributed by atoms with Gasteiger partial charge in [0.1, 0.15) is 4.91 Å². The molecule has 0 aliphatic rings. The summed E-state index contributed by atoms with van der Waals surface area (Å²) in [6, 6.07) is 13.4. The monoisotopic (exact) mass is 400 g/mol. The second-order valence-electron chi connectivity index (χ2n) is 5.51. The second-order valence-corrected chi connectivity index (χ2v) is 6.96. The molecule has 27 heavy (non-hydrogen) atoms. The van der Waals surface area contributed by atoms with Crippen molar-refractivity contribution in [2.75, 3.05) is 0 Å². The molecule has 138 valence electrons. The Morgan fingerprint density at radius 3 is 2.56 bits per heavy atom. The van der Waals surface area contributed by atoms with Gasteiger partial charge in [-0.3, -0.25) is 0 Å². The number of thioether (sulfide) groups is 1. The van der Waals surface area contributed by atoms with Gasteiger partial charge in [-0.2, -0.15) is 0 Å². The summed E-state index contributed by atoms with van der Waals surface area (Å²) in [4.78, 5) is 11.7. The zero-order valence-electron chi connectivity index (χ0n) is 14.3. The first kappa shape index (κ1) is 19.0. The van der Waals surface area contributed by atoms with Crippen LogP contribution in [0.4, 0.5) is 0 Å². The number of aliphatic carboxylic acids is 1. The first-order valence-corrected chi connectivity index (χ1v) is 9.27. The Hall–Kier alpha value is -2.77. The third kappa shape index (κ3) is 4.32. The zero-order valence-corrected chi connectivity index (χ0v) is 15.9. The molecule has 2 aromatic carbocycles. The van der Waals surface area contributed by atoms with Crippen molar-refractivity contribution in [1.29, 1.82) is 0 Å². The summed E-state index contributed by atoms with van der Waals surface area (Å²) in [5, 5.41) is 30.8. The predicted molar refractivity (Wildman–Crippen MR) is 103 cm³/mol. The van der Waals surface area contributed by atoms with Crippen molar-refractivity contribution >= 4 is 35.4 Å². The van der Waals surface area contributed by atoms with Crippen molar-refractivity contribution in [3.8, 4) is 17.1 Å². The van der Waals surface area contributed by atoms with Crippen molar-refractivity contribution in [2.45, 2.75) is 18.6 Å². The van der Waals surface area contributed by atoms with E-state index in [1.807, 2.05) is 23.6 Å². The van der Waals surface area contributed by atoms with E-state index in [9.17, 15) is 15.0 Å². The summed E-state index contributed by atoms with van der Waals surface area (Å²) in [6.07, 6.45) is 1.35. The average Bonchev–Trinajstić information content (AvgIpc) is 3.06. The Bertz CT molecular complexity index is 1000. The Morgan fingerprint density at radius 2 is 1.93 bits per heavy atom. The zero-order chi connectivity index (χ0) is 19.4. The molecule has 0 unspecified atom stereocenters. The Morgan fingerprint density at radius 1 is 1.22 bits per heavy atom. The van der Waals surface area contributed by atoms with Crippen LogP contribution in [0.3, 0.4) is 0 Å². The first-order chi connectivity index (χ1) is 13.0. The molecule has 1 aromatic heterocycles. The maximum absolute atomic E-state index is 11.9. The normalized spacial score (nSPS) is 11.6. The molecule has 0 atom stereocenters. The van der Waals surface area contributed by atoms with Crippen molar-refractivity contribution in [2.24, 2.45) is 0 Å². The standard InChI is InChI=1S/C19H16ClN3O3S/c1-2-23-17(12-7-9-14(20)10-8-12)21-22-19(23)27-16(18(25)26)11-13-5-3-4-6-15(13)24/h3-11,24H,2H2,1H3,(H,25,26)/p-1/b16-11+. The highest BCUT2D eigenvalue weighted by Crippen LogP contribution is 2.31. The summed E-state index contributed by atoms with van der Waals surface area (Å²) in [6.45, 7) is 2.47. The van der Waals surface area contributed by atoms with Crippen LogP contribution in [0.15, 0.2) is 58.6 Å². The largest absolute Gasteiger partial charge is 0.872 e. The van der Waals surface area contributed by atoms with Gasteiger partial charge in [0.15, 0.2) is 11.0 Å². The number of hydrogen-bond acceptors (Lipinski definition) is 5. The predicted octanol–water partition coefficient (Wildman–Crippen LogP) is 3.91. The Kier molecular flexibility index (Phi) is 5.83. The topological polar surface area (TPSA) is 91.1 Å². The van der Waals surface area contributed by atoms with Crippen LogP contribution >= 0.6 is 23.4 Å². The van der Waals surface area contributed by atoms with E-state index in [0.29, 0.717) is 28.1 Å². The van der Waals surface area contributed by atoms with Gasteiger partial charge >= 0.3 is 5.97 Å². The quantitative estimate of drug-likeness (QED) is 0.498. The number of carbonyl (C=O) groups is 1. The molecule has 0 aliphatic heterocycles. The molecule has 0 aliphatic carbocycles. The van der Waals surface area contributed by atoms with Crippen LogP contribution in [0.5, 0.6) is 5.75 Å². The molecule has 0 amide bonds. The highest BCUT2D eigenvalue weighted by Gasteiger charge is 2.18. The van der Waals surface area contributed by atoms with Gasteiger partial charge in [-0.05, 0) is 54.6 Å². The Balaban J connectivity index is 1.97. The molecule has 0 bridgehead atoms. The van der Waals surface area contributed by atoms with Crippen LogP contribution in [-0.4, -0.2) is 25.8 Å². The van der Waals surface area contributed by atoms with Gasteiger partial charge in [-0.15, -0.1) is 15.9 Å². The number of halogens is 1. The first-order valence-electron chi connectivity index (χ1n) is 8.07. The SMILES string of the molecule is CCn1c(S/C(=C/c2ccccc2[O-])C(=O)O)nnc1-c1ccc(Cl)cc1. The second kappa shape index (κ2) is 8.28. The summed E-state index contributed by atoms with van der Waals surface area (Å²) in [5.74, 6) is -0.761. The molecule has 3 rings (SSSR count). The number of hydrogen-bond donors (Lipinski definition) is 1. The van der Waals surface area contributed by atoms with Gasteiger partial charge in [0, 0.05) is 17.1 Å². The van der Waals surface area contributed by atoms with Crippen molar-refractivity contribution < 1.29 is 15.0 Å². The smallest absolute Gasteiger partial charge is 0.342 e. The number of para-hydroxylation sites is 1. The molecule has 3 aromatic rings. The fourth-order valence-electron chi connectivity index (χ4n) is 2.44. The van der Waals surface area contributed by atoms with E-state index in [-0.39, 0.29) is 10.7 Å². The average molecular weight is 401 g/mol. The summed E-state index contributed by atoms with van der Waals surface area (Å²) in [7, 11) is 0. The van der Waals surface area contributed by atoms with Crippen LogP contribution in [0.25, 0.3) is 17.5 Å². The molecule has 0 saturated carbocycles. The number of rotatable bonds is 6. The molecule has 1 N–H and O–H groups in total. The van der Waals surface area contributed by atoms with E-state index < -0.39 is 5.97 Å². The van der Waals surface area contributed by atoms with Crippen LogP contribution in [-0.2, 0) is 11.3 Å². The van der Waals surface area contributed by atoms with Gasteiger partial charge in [-0.25, -0.2) is 4.79 Å². The van der Waals surface area contributed by atoms with E-state index in [2.05, 4.69) is 10.2 Å². The maximum atomic E-state index is 11.9. The molecular weight excluding hydrogens is 386 g/mol.